The van der Waals surface area contributed by atoms with Gasteiger partial charge in [-0.1, -0.05) is 31.4 Å². The van der Waals surface area contributed by atoms with E-state index in [0.717, 1.165) is 12.8 Å². The Morgan fingerprint density at radius 3 is 2.65 bits per heavy atom. The van der Waals surface area contributed by atoms with Crippen molar-refractivity contribution in [1.29, 1.82) is 0 Å². The third kappa shape index (κ3) is 5.42. The average molecular weight is 331 g/mol. The highest BCUT2D eigenvalue weighted by molar-refractivity contribution is 5.81. The molecule has 1 aliphatic carbocycles. The van der Waals surface area contributed by atoms with Gasteiger partial charge in [0.1, 0.15) is 5.75 Å². The first kappa shape index (κ1) is 17.6. The topological polar surface area (TPSA) is 58.6 Å². The Kier molecular flexibility index (Phi) is 5.87. The zero-order valence-electron chi connectivity index (χ0n) is 12.6. The fourth-order valence-corrected chi connectivity index (χ4v) is 2.63. The number of benzene rings is 1. The Morgan fingerprint density at radius 2 is 2.00 bits per heavy atom. The van der Waals surface area contributed by atoms with Crippen LogP contribution in [0.15, 0.2) is 24.3 Å². The number of hydrogen-bond donors (Lipinski definition) is 2. The van der Waals surface area contributed by atoms with Gasteiger partial charge >= 0.3 is 12.1 Å². The molecule has 1 aromatic carbocycles. The molecule has 0 unspecified atom stereocenters. The van der Waals surface area contributed by atoms with E-state index in [2.05, 4.69) is 0 Å². The molecule has 2 N–H and O–H groups in total. The van der Waals surface area contributed by atoms with Crippen molar-refractivity contribution in [3.8, 4) is 5.75 Å². The van der Waals surface area contributed by atoms with Crippen molar-refractivity contribution in [3.05, 3.63) is 29.8 Å². The lowest BCUT2D eigenvalue weighted by molar-refractivity contribution is -0.176. The lowest BCUT2D eigenvalue weighted by Crippen LogP contribution is -2.39. The second-order valence-corrected chi connectivity index (χ2v) is 5.76. The minimum absolute atomic E-state index is 0.142. The first-order valence-corrected chi connectivity index (χ1v) is 7.65. The van der Waals surface area contributed by atoms with Crippen molar-refractivity contribution in [3.63, 3.8) is 0 Å². The van der Waals surface area contributed by atoms with Crippen LogP contribution in [0, 0.1) is 5.92 Å². The van der Waals surface area contributed by atoms with Gasteiger partial charge in [-0.05, 0) is 30.9 Å². The molecule has 1 aromatic rings. The summed E-state index contributed by atoms with van der Waals surface area (Å²) in [5.74, 6) is -1.23. The molecule has 4 nitrogen and oxygen atoms in total. The number of rotatable bonds is 5. The zero-order valence-corrected chi connectivity index (χ0v) is 12.6. The molecule has 0 saturated heterocycles. The number of aliphatic hydroxyl groups is 1. The van der Waals surface area contributed by atoms with Gasteiger partial charge in [-0.3, -0.25) is 4.79 Å². The molecule has 1 saturated carbocycles. The average Bonchev–Trinajstić information content (AvgIpc) is 2.53. The Morgan fingerprint density at radius 1 is 1.30 bits per heavy atom. The molecule has 0 heterocycles. The van der Waals surface area contributed by atoms with E-state index < -0.39 is 18.3 Å². The largest absolute Gasteiger partial charge is 0.493 e. The fourth-order valence-electron chi connectivity index (χ4n) is 2.63. The maximum Gasteiger partial charge on any atom is 0.471 e. The molecule has 0 aromatic heterocycles. The normalized spacial score (nSPS) is 17.6. The van der Waals surface area contributed by atoms with Crippen LogP contribution in [0.2, 0.25) is 0 Å². The summed E-state index contributed by atoms with van der Waals surface area (Å²) < 4.78 is 42.2. The van der Waals surface area contributed by atoms with E-state index in [1.165, 1.54) is 36.7 Å². The summed E-state index contributed by atoms with van der Waals surface area (Å²) in [6.07, 6.45) is -0.907. The number of amides is 1. The second kappa shape index (κ2) is 7.68. The van der Waals surface area contributed by atoms with E-state index in [1.54, 1.807) is 12.1 Å². The van der Waals surface area contributed by atoms with E-state index >= 15 is 0 Å². The van der Waals surface area contributed by atoms with E-state index in [-0.39, 0.29) is 5.56 Å². The highest BCUT2D eigenvalue weighted by Gasteiger charge is 2.39. The minimum Gasteiger partial charge on any atom is -0.493 e. The van der Waals surface area contributed by atoms with Crippen LogP contribution in [-0.4, -0.2) is 23.8 Å². The van der Waals surface area contributed by atoms with E-state index in [4.69, 9.17) is 4.74 Å². The third-order valence-corrected chi connectivity index (χ3v) is 3.91. The molecule has 1 atom stereocenters. The SMILES string of the molecule is O=C(N[C@@H](O)c1cccc(OCC2CCCCC2)c1)C(F)(F)F. The molecule has 1 amide bonds. The van der Waals surface area contributed by atoms with Gasteiger partial charge in [-0.15, -0.1) is 0 Å². The van der Waals surface area contributed by atoms with Crippen LogP contribution < -0.4 is 10.1 Å². The molecule has 0 bridgehead atoms. The van der Waals surface area contributed by atoms with Crippen LogP contribution in [0.4, 0.5) is 13.2 Å². The quantitative estimate of drug-likeness (QED) is 0.814. The molecule has 23 heavy (non-hydrogen) atoms. The standard InChI is InChI=1S/C16H20F3NO3/c17-16(18,19)15(22)20-14(21)12-7-4-8-13(9-12)23-10-11-5-2-1-3-6-11/h4,7-9,11,14,21H,1-3,5-6,10H2,(H,20,22)/t14-/m0/s1. The number of alkyl halides is 3. The maximum absolute atomic E-state index is 12.2. The number of nitrogens with one attached hydrogen (secondary N) is 1. The van der Waals surface area contributed by atoms with Gasteiger partial charge in [-0.25, -0.2) is 0 Å². The monoisotopic (exact) mass is 331 g/mol. The number of carbonyl (C=O) groups excluding carboxylic acids is 1. The van der Waals surface area contributed by atoms with E-state index in [9.17, 15) is 23.1 Å². The predicted molar refractivity (Wildman–Crippen MR) is 77.7 cm³/mol. The van der Waals surface area contributed by atoms with Crippen molar-refractivity contribution in [2.24, 2.45) is 5.92 Å². The zero-order chi connectivity index (χ0) is 16.9. The Labute approximate surface area is 132 Å². The summed E-state index contributed by atoms with van der Waals surface area (Å²) in [5.41, 5.74) is 0.142. The molecule has 128 valence electrons. The molecule has 1 aliphatic rings. The van der Waals surface area contributed by atoms with Crippen molar-refractivity contribution >= 4 is 5.91 Å². The van der Waals surface area contributed by atoms with Crippen LogP contribution in [0.1, 0.15) is 43.9 Å². The number of ether oxygens (including phenoxy) is 1. The summed E-state index contributed by atoms with van der Waals surface area (Å²) in [7, 11) is 0. The molecule has 0 radical (unpaired) electrons. The number of hydrogen-bond acceptors (Lipinski definition) is 3. The first-order valence-electron chi connectivity index (χ1n) is 7.65. The van der Waals surface area contributed by atoms with E-state index in [1.807, 2.05) is 0 Å². The summed E-state index contributed by atoms with van der Waals surface area (Å²) in [6.45, 7) is 0.550. The van der Waals surface area contributed by atoms with Crippen molar-refractivity contribution in [2.45, 2.75) is 44.5 Å². The summed E-state index contributed by atoms with van der Waals surface area (Å²) in [6, 6.07) is 6.10. The van der Waals surface area contributed by atoms with Gasteiger partial charge < -0.3 is 15.2 Å². The van der Waals surface area contributed by atoms with Gasteiger partial charge in [0.05, 0.1) is 6.61 Å². The van der Waals surface area contributed by atoms with Crippen LogP contribution in [0.25, 0.3) is 0 Å². The molecule has 1 fully saturated rings. The van der Waals surface area contributed by atoms with Crippen LogP contribution in [0.3, 0.4) is 0 Å². The van der Waals surface area contributed by atoms with E-state index in [0.29, 0.717) is 18.3 Å². The molecular formula is C16H20F3NO3. The fraction of sp³-hybridized carbons (Fsp3) is 0.562. The highest BCUT2D eigenvalue weighted by atomic mass is 19.4. The summed E-state index contributed by atoms with van der Waals surface area (Å²) >= 11 is 0. The Balaban J connectivity index is 1.91. The molecule has 0 aliphatic heterocycles. The lowest BCUT2D eigenvalue weighted by atomic mass is 9.90. The summed E-state index contributed by atoms with van der Waals surface area (Å²) in [5, 5.41) is 11.2. The van der Waals surface area contributed by atoms with Gasteiger partial charge in [-0.2, -0.15) is 13.2 Å². The van der Waals surface area contributed by atoms with Crippen molar-refractivity contribution < 1.29 is 27.8 Å². The van der Waals surface area contributed by atoms with Crippen molar-refractivity contribution in [1.82, 2.24) is 5.32 Å². The third-order valence-electron chi connectivity index (χ3n) is 3.91. The van der Waals surface area contributed by atoms with Crippen LogP contribution in [-0.2, 0) is 4.79 Å². The maximum atomic E-state index is 12.2. The van der Waals surface area contributed by atoms with Gasteiger partial charge in [0.15, 0.2) is 6.23 Å². The Hall–Kier alpha value is -1.76. The van der Waals surface area contributed by atoms with Crippen molar-refractivity contribution in [2.75, 3.05) is 6.61 Å². The molecule has 0 spiro atoms. The number of carbonyl (C=O) groups is 1. The smallest absolute Gasteiger partial charge is 0.471 e. The predicted octanol–water partition coefficient (Wildman–Crippen LogP) is 3.32. The second-order valence-electron chi connectivity index (χ2n) is 5.76. The first-order chi connectivity index (χ1) is 10.9. The summed E-state index contributed by atoms with van der Waals surface area (Å²) in [4.78, 5) is 10.8. The highest BCUT2D eigenvalue weighted by Crippen LogP contribution is 2.25. The molecule has 2 rings (SSSR count). The van der Waals surface area contributed by atoms with Crippen LogP contribution in [0.5, 0.6) is 5.75 Å². The van der Waals surface area contributed by atoms with Gasteiger partial charge in [0, 0.05) is 5.56 Å². The van der Waals surface area contributed by atoms with Gasteiger partial charge in [0.25, 0.3) is 0 Å². The number of halogens is 3. The van der Waals surface area contributed by atoms with Crippen LogP contribution >= 0.6 is 0 Å². The minimum atomic E-state index is -5.03. The Bertz CT molecular complexity index is 528. The molecular weight excluding hydrogens is 311 g/mol. The lowest BCUT2D eigenvalue weighted by Gasteiger charge is -2.22. The number of aliphatic hydroxyl groups excluding tert-OH is 1. The molecule has 7 heteroatoms. The van der Waals surface area contributed by atoms with Gasteiger partial charge in [0.2, 0.25) is 0 Å².